The molecule has 0 heterocycles. The van der Waals surface area contributed by atoms with E-state index in [-0.39, 0.29) is 22.7 Å². The number of aromatic carboxylic acids is 1. The zero-order valence-electron chi connectivity index (χ0n) is 11.6. The van der Waals surface area contributed by atoms with E-state index in [4.69, 9.17) is 16.7 Å². The maximum Gasteiger partial charge on any atom is 0.337 e. The summed E-state index contributed by atoms with van der Waals surface area (Å²) in [6.07, 6.45) is 2.78. The Morgan fingerprint density at radius 3 is 2.55 bits per heavy atom. The van der Waals surface area contributed by atoms with Crippen LogP contribution in [0.25, 0.3) is 0 Å². The molecule has 1 rings (SSSR count). The van der Waals surface area contributed by atoms with Crippen LogP contribution in [-0.4, -0.2) is 23.1 Å². The van der Waals surface area contributed by atoms with Crippen molar-refractivity contribution in [2.45, 2.75) is 39.2 Å². The minimum Gasteiger partial charge on any atom is -0.478 e. The molecule has 6 heteroatoms. The molecule has 0 saturated carbocycles. The van der Waals surface area contributed by atoms with E-state index < -0.39 is 5.97 Å². The van der Waals surface area contributed by atoms with Crippen LogP contribution in [0.1, 0.15) is 43.5 Å². The lowest BCUT2D eigenvalue weighted by molar-refractivity contribution is 0.0697. The van der Waals surface area contributed by atoms with Crippen molar-refractivity contribution in [3.63, 3.8) is 0 Å². The Morgan fingerprint density at radius 2 is 2.05 bits per heavy atom. The van der Waals surface area contributed by atoms with Gasteiger partial charge in [0, 0.05) is 11.7 Å². The average Bonchev–Trinajstić information content (AvgIpc) is 2.37. The fourth-order valence-corrected chi connectivity index (χ4v) is 2.11. The molecule has 1 unspecified atom stereocenters. The van der Waals surface area contributed by atoms with Crippen molar-refractivity contribution in [1.29, 1.82) is 0 Å². The molecular weight excluding hydrogens is 280 g/mol. The van der Waals surface area contributed by atoms with Gasteiger partial charge in [-0.15, -0.1) is 0 Å². The zero-order chi connectivity index (χ0) is 15.1. The molecule has 0 aliphatic heterocycles. The highest BCUT2D eigenvalue weighted by atomic mass is 35.5. The van der Waals surface area contributed by atoms with Crippen LogP contribution in [0.5, 0.6) is 0 Å². The number of carboxylic acids is 1. The number of hydrogen-bond donors (Lipinski definition) is 3. The molecule has 1 atom stereocenters. The van der Waals surface area contributed by atoms with Crippen LogP contribution in [0, 0.1) is 0 Å². The summed E-state index contributed by atoms with van der Waals surface area (Å²) in [5, 5.41) is 14.5. The van der Waals surface area contributed by atoms with E-state index in [1.165, 1.54) is 18.2 Å². The van der Waals surface area contributed by atoms with Gasteiger partial charge in [-0.25, -0.2) is 9.59 Å². The molecule has 0 saturated heterocycles. The highest BCUT2D eigenvalue weighted by molar-refractivity contribution is 6.33. The summed E-state index contributed by atoms with van der Waals surface area (Å²) in [6.45, 7) is 4.08. The number of urea groups is 1. The van der Waals surface area contributed by atoms with Crippen LogP contribution in [0.4, 0.5) is 10.5 Å². The second-order valence-corrected chi connectivity index (χ2v) is 4.90. The van der Waals surface area contributed by atoms with E-state index in [0.717, 1.165) is 19.3 Å². The number of rotatable bonds is 6. The van der Waals surface area contributed by atoms with Crippen molar-refractivity contribution in [3.8, 4) is 0 Å². The van der Waals surface area contributed by atoms with Gasteiger partial charge in [0.05, 0.1) is 10.6 Å². The molecule has 0 aromatic heterocycles. The first-order chi connectivity index (χ1) is 9.47. The summed E-state index contributed by atoms with van der Waals surface area (Å²) < 4.78 is 0. The highest BCUT2D eigenvalue weighted by Gasteiger charge is 2.12. The average molecular weight is 299 g/mol. The van der Waals surface area contributed by atoms with Crippen molar-refractivity contribution in [1.82, 2.24) is 5.32 Å². The smallest absolute Gasteiger partial charge is 0.337 e. The summed E-state index contributed by atoms with van der Waals surface area (Å²) >= 11 is 5.84. The number of carbonyl (C=O) groups excluding carboxylic acids is 1. The van der Waals surface area contributed by atoms with Crippen molar-refractivity contribution in [3.05, 3.63) is 28.8 Å². The molecule has 1 aromatic carbocycles. The number of carboxylic acid groups (broad SMARTS) is 1. The number of carbonyl (C=O) groups is 2. The maximum absolute atomic E-state index is 11.8. The molecule has 5 nitrogen and oxygen atoms in total. The second-order valence-electron chi connectivity index (χ2n) is 4.49. The van der Waals surface area contributed by atoms with Gasteiger partial charge in [-0.1, -0.05) is 31.9 Å². The van der Waals surface area contributed by atoms with Gasteiger partial charge in [-0.05, 0) is 31.0 Å². The van der Waals surface area contributed by atoms with Crippen LogP contribution in [0.3, 0.4) is 0 Å². The molecule has 0 radical (unpaired) electrons. The van der Waals surface area contributed by atoms with Crippen molar-refractivity contribution < 1.29 is 14.7 Å². The standard InChI is InChI=1S/C14H19ClN2O3/c1-3-5-9(4-2)16-14(20)17-10-6-7-11(13(18)19)12(15)8-10/h6-9H,3-5H2,1-2H3,(H,18,19)(H2,16,17,20). The molecule has 0 fully saturated rings. The van der Waals surface area contributed by atoms with Gasteiger partial charge >= 0.3 is 12.0 Å². The number of anilines is 1. The maximum atomic E-state index is 11.8. The Hall–Kier alpha value is -1.75. The summed E-state index contributed by atoms with van der Waals surface area (Å²) in [6, 6.07) is 4.11. The molecule has 3 N–H and O–H groups in total. The first-order valence-electron chi connectivity index (χ1n) is 6.58. The third kappa shape index (κ3) is 4.74. The first kappa shape index (κ1) is 16.3. The van der Waals surface area contributed by atoms with Gasteiger partial charge in [0.15, 0.2) is 0 Å². The monoisotopic (exact) mass is 298 g/mol. The lowest BCUT2D eigenvalue weighted by Gasteiger charge is -2.16. The Kier molecular flexibility index (Phi) is 6.31. The van der Waals surface area contributed by atoms with E-state index in [1.807, 2.05) is 6.92 Å². The molecule has 0 bridgehead atoms. The molecule has 110 valence electrons. The van der Waals surface area contributed by atoms with Crippen LogP contribution < -0.4 is 10.6 Å². The second kappa shape index (κ2) is 7.75. The highest BCUT2D eigenvalue weighted by Crippen LogP contribution is 2.21. The Balaban J connectivity index is 2.66. The predicted molar refractivity (Wildman–Crippen MR) is 79.6 cm³/mol. The molecule has 0 spiro atoms. The predicted octanol–water partition coefficient (Wildman–Crippen LogP) is 3.74. The SMILES string of the molecule is CCCC(CC)NC(=O)Nc1ccc(C(=O)O)c(Cl)c1. The fraction of sp³-hybridized carbons (Fsp3) is 0.429. The summed E-state index contributed by atoms with van der Waals surface area (Å²) in [7, 11) is 0. The number of nitrogens with one attached hydrogen (secondary N) is 2. The van der Waals surface area contributed by atoms with Crippen LogP contribution in [0.2, 0.25) is 5.02 Å². The molecule has 2 amide bonds. The minimum atomic E-state index is -1.10. The Labute approximate surface area is 123 Å². The Morgan fingerprint density at radius 1 is 1.35 bits per heavy atom. The number of halogens is 1. The Bertz CT molecular complexity index is 491. The van der Waals surface area contributed by atoms with E-state index in [9.17, 15) is 9.59 Å². The number of benzene rings is 1. The van der Waals surface area contributed by atoms with Gasteiger partial charge in [0.2, 0.25) is 0 Å². The summed E-state index contributed by atoms with van der Waals surface area (Å²) in [4.78, 5) is 22.6. The molecule has 1 aromatic rings. The molecule has 0 aliphatic carbocycles. The minimum absolute atomic E-state index is 0.00930. The quantitative estimate of drug-likeness (QED) is 0.748. The summed E-state index contributed by atoms with van der Waals surface area (Å²) in [5.74, 6) is -1.10. The van der Waals surface area contributed by atoms with Crippen LogP contribution in [0.15, 0.2) is 18.2 Å². The van der Waals surface area contributed by atoms with Crippen molar-refractivity contribution in [2.75, 3.05) is 5.32 Å². The topological polar surface area (TPSA) is 78.4 Å². The number of amides is 2. The van der Waals surface area contributed by atoms with Gasteiger partial charge in [0.25, 0.3) is 0 Å². The van der Waals surface area contributed by atoms with E-state index in [0.29, 0.717) is 5.69 Å². The third-order valence-corrected chi connectivity index (χ3v) is 3.24. The van der Waals surface area contributed by atoms with E-state index in [1.54, 1.807) is 0 Å². The fourth-order valence-electron chi connectivity index (χ4n) is 1.85. The summed E-state index contributed by atoms with van der Waals surface area (Å²) in [5.41, 5.74) is 0.471. The van der Waals surface area contributed by atoms with Gasteiger partial charge in [-0.2, -0.15) is 0 Å². The van der Waals surface area contributed by atoms with Crippen molar-refractivity contribution >= 4 is 29.3 Å². The lowest BCUT2D eigenvalue weighted by Crippen LogP contribution is -2.37. The molecule has 0 aliphatic rings. The van der Waals surface area contributed by atoms with Crippen LogP contribution >= 0.6 is 11.6 Å². The zero-order valence-corrected chi connectivity index (χ0v) is 12.3. The molecular formula is C14H19ClN2O3. The van der Waals surface area contributed by atoms with Gasteiger partial charge in [-0.3, -0.25) is 0 Å². The van der Waals surface area contributed by atoms with E-state index >= 15 is 0 Å². The molecule has 20 heavy (non-hydrogen) atoms. The normalized spacial score (nSPS) is 11.8. The van der Waals surface area contributed by atoms with E-state index in [2.05, 4.69) is 17.6 Å². The van der Waals surface area contributed by atoms with Gasteiger partial charge < -0.3 is 15.7 Å². The lowest BCUT2D eigenvalue weighted by atomic mass is 10.1. The first-order valence-corrected chi connectivity index (χ1v) is 6.96. The number of hydrogen-bond acceptors (Lipinski definition) is 2. The third-order valence-electron chi connectivity index (χ3n) is 2.92. The largest absolute Gasteiger partial charge is 0.478 e. The van der Waals surface area contributed by atoms with Crippen molar-refractivity contribution in [2.24, 2.45) is 0 Å². The van der Waals surface area contributed by atoms with Gasteiger partial charge in [0.1, 0.15) is 0 Å². The van der Waals surface area contributed by atoms with Crippen LogP contribution in [-0.2, 0) is 0 Å².